The van der Waals surface area contributed by atoms with Crippen molar-refractivity contribution in [2.24, 2.45) is 4.99 Å². The predicted octanol–water partition coefficient (Wildman–Crippen LogP) is 1.70. The van der Waals surface area contributed by atoms with Crippen molar-refractivity contribution in [1.82, 2.24) is 10.6 Å². The van der Waals surface area contributed by atoms with Crippen LogP contribution in [0.25, 0.3) is 0 Å². The predicted molar refractivity (Wildman–Crippen MR) is 106 cm³/mol. The van der Waals surface area contributed by atoms with Gasteiger partial charge in [0.2, 0.25) is 0 Å². The van der Waals surface area contributed by atoms with Crippen LogP contribution in [0.4, 0.5) is 5.69 Å². The van der Waals surface area contributed by atoms with Crippen molar-refractivity contribution in [1.29, 1.82) is 0 Å². The van der Waals surface area contributed by atoms with Gasteiger partial charge in [0, 0.05) is 37.5 Å². The molecule has 0 aliphatic heterocycles. The average molecular weight is 470 g/mol. The van der Waals surface area contributed by atoms with Crippen molar-refractivity contribution in [3.8, 4) is 0 Å². The third kappa shape index (κ3) is 8.43. The van der Waals surface area contributed by atoms with Gasteiger partial charge in [0.25, 0.3) is 5.69 Å². The highest BCUT2D eigenvalue weighted by Crippen LogP contribution is 2.16. The molecule has 10 heteroatoms. The quantitative estimate of drug-likeness (QED) is 0.206. The van der Waals surface area contributed by atoms with Crippen molar-refractivity contribution in [3.63, 3.8) is 0 Å². The molecule has 24 heavy (non-hydrogen) atoms. The number of aliphatic imine (C=N–C) groups is 1. The lowest BCUT2D eigenvalue weighted by atomic mass is 10.2. The van der Waals surface area contributed by atoms with E-state index in [1.165, 1.54) is 12.3 Å². The van der Waals surface area contributed by atoms with Gasteiger partial charge < -0.3 is 10.6 Å². The van der Waals surface area contributed by atoms with Gasteiger partial charge >= 0.3 is 0 Å². The normalized spacial score (nSPS) is 12.9. The van der Waals surface area contributed by atoms with Gasteiger partial charge in [0.1, 0.15) is 9.84 Å². The minimum absolute atomic E-state index is 0. The Morgan fingerprint density at radius 2 is 2.00 bits per heavy atom. The summed E-state index contributed by atoms with van der Waals surface area (Å²) in [5.74, 6) is 0.548. The second-order valence-corrected chi connectivity index (χ2v) is 7.54. The molecule has 0 bridgehead atoms. The molecule has 0 spiro atoms. The molecular formula is C14H23IN4O4S. The first kappa shape index (κ1) is 22.6. The average Bonchev–Trinajstić information content (AvgIpc) is 2.48. The van der Waals surface area contributed by atoms with E-state index in [2.05, 4.69) is 15.6 Å². The molecule has 0 fully saturated rings. The number of hydrogen-bond donors (Lipinski definition) is 2. The second-order valence-electron chi connectivity index (χ2n) is 5.28. The molecule has 0 saturated heterocycles. The zero-order valence-electron chi connectivity index (χ0n) is 13.9. The summed E-state index contributed by atoms with van der Waals surface area (Å²) in [5, 5.41) is 17.0. The van der Waals surface area contributed by atoms with Crippen LogP contribution in [0.5, 0.6) is 0 Å². The molecule has 1 aromatic carbocycles. The van der Waals surface area contributed by atoms with E-state index in [0.717, 1.165) is 0 Å². The Kier molecular flexibility index (Phi) is 9.82. The lowest BCUT2D eigenvalue weighted by Gasteiger charge is -2.17. The summed E-state index contributed by atoms with van der Waals surface area (Å²) in [6.45, 7) is 2.10. The van der Waals surface area contributed by atoms with Gasteiger partial charge in [-0.2, -0.15) is 0 Å². The van der Waals surface area contributed by atoms with Crippen LogP contribution in [0.3, 0.4) is 0 Å². The van der Waals surface area contributed by atoms with Gasteiger partial charge in [-0.25, -0.2) is 8.42 Å². The van der Waals surface area contributed by atoms with Crippen LogP contribution in [0.2, 0.25) is 0 Å². The van der Waals surface area contributed by atoms with E-state index in [1.807, 2.05) is 6.92 Å². The fourth-order valence-electron chi connectivity index (χ4n) is 1.91. The first-order valence-electron chi connectivity index (χ1n) is 7.10. The Labute approximate surface area is 159 Å². The topological polar surface area (TPSA) is 114 Å². The van der Waals surface area contributed by atoms with E-state index in [1.54, 1.807) is 25.2 Å². The number of rotatable bonds is 7. The molecule has 0 aliphatic carbocycles. The number of nitrogens with zero attached hydrogens (tertiary/aromatic N) is 2. The second kappa shape index (κ2) is 10.4. The van der Waals surface area contributed by atoms with Gasteiger partial charge in [0.05, 0.1) is 10.7 Å². The molecule has 136 valence electrons. The number of guanidine groups is 1. The minimum atomic E-state index is -3.01. The molecular weight excluding hydrogens is 447 g/mol. The van der Waals surface area contributed by atoms with E-state index < -0.39 is 14.8 Å². The number of nitrogens with one attached hydrogen (secondary N) is 2. The van der Waals surface area contributed by atoms with Gasteiger partial charge in [-0.05, 0) is 13.3 Å². The summed E-state index contributed by atoms with van der Waals surface area (Å²) < 4.78 is 22.3. The summed E-state index contributed by atoms with van der Waals surface area (Å²) in [6.07, 6.45) is 1.65. The van der Waals surface area contributed by atoms with Gasteiger partial charge in [0.15, 0.2) is 5.96 Å². The van der Waals surface area contributed by atoms with Gasteiger partial charge in [-0.1, -0.05) is 18.2 Å². The van der Waals surface area contributed by atoms with Crippen LogP contribution < -0.4 is 10.6 Å². The molecule has 1 atom stereocenters. The van der Waals surface area contributed by atoms with E-state index >= 15 is 0 Å². The van der Waals surface area contributed by atoms with Crippen LogP contribution >= 0.6 is 24.0 Å². The van der Waals surface area contributed by atoms with E-state index in [-0.39, 0.29) is 48.0 Å². The fourth-order valence-corrected chi connectivity index (χ4v) is 2.69. The maximum absolute atomic E-state index is 11.2. The summed E-state index contributed by atoms with van der Waals surface area (Å²) in [4.78, 5) is 14.6. The Morgan fingerprint density at radius 1 is 1.38 bits per heavy atom. The Bertz CT molecular complexity index is 679. The smallest absolute Gasteiger partial charge is 0.274 e. The van der Waals surface area contributed by atoms with Gasteiger partial charge in [-0.15, -0.1) is 24.0 Å². The van der Waals surface area contributed by atoms with Gasteiger partial charge in [-0.3, -0.25) is 15.1 Å². The highest BCUT2D eigenvalue weighted by molar-refractivity contribution is 14.0. The van der Waals surface area contributed by atoms with Crippen molar-refractivity contribution in [3.05, 3.63) is 39.9 Å². The molecule has 0 aromatic heterocycles. The number of para-hydroxylation sites is 1. The monoisotopic (exact) mass is 470 g/mol. The maximum Gasteiger partial charge on any atom is 0.274 e. The number of halogens is 1. The molecule has 1 rings (SSSR count). The third-order valence-electron chi connectivity index (χ3n) is 3.16. The molecule has 1 aromatic rings. The van der Waals surface area contributed by atoms with Crippen molar-refractivity contribution < 1.29 is 13.3 Å². The standard InChI is InChI=1S/C14H22N4O4S.HI/c1-11(8-9-23(3,21)22)17-14(15-2)16-10-12-6-4-5-7-13(12)18(19)20;/h4-7,11H,8-10H2,1-3H3,(H2,15,16,17);1H. The molecule has 1 unspecified atom stereocenters. The maximum atomic E-state index is 11.2. The zero-order valence-corrected chi connectivity index (χ0v) is 17.0. The van der Waals surface area contributed by atoms with Crippen LogP contribution in [-0.4, -0.2) is 44.4 Å². The third-order valence-corrected chi connectivity index (χ3v) is 4.14. The molecule has 0 heterocycles. The van der Waals surface area contributed by atoms with E-state index in [4.69, 9.17) is 0 Å². The lowest BCUT2D eigenvalue weighted by molar-refractivity contribution is -0.385. The summed E-state index contributed by atoms with van der Waals surface area (Å²) in [6, 6.07) is 6.37. The van der Waals surface area contributed by atoms with Crippen LogP contribution in [0.1, 0.15) is 18.9 Å². The first-order valence-corrected chi connectivity index (χ1v) is 9.16. The fraction of sp³-hybridized carbons (Fsp3) is 0.500. The number of benzene rings is 1. The van der Waals surface area contributed by atoms with E-state index in [0.29, 0.717) is 17.9 Å². The Morgan fingerprint density at radius 3 is 2.54 bits per heavy atom. The number of sulfone groups is 1. The number of hydrogen-bond acceptors (Lipinski definition) is 5. The summed E-state index contributed by atoms with van der Waals surface area (Å²) in [7, 11) is -1.43. The van der Waals surface area contributed by atoms with Crippen LogP contribution in [-0.2, 0) is 16.4 Å². The van der Waals surface area contributed by atoms with Crippen molar-refractivity contribution in [2.75, 3.05) is 19.1 Å². The Balaban J connectivity index is 0.00000529. The summed E-state index contributed by atoms with van der Waals surface area (Å²) in [5.41, 5.74) is 0.588. The SMILES string of the molecule is CN=C(NCc1ccccc1[N+](=O)[O-])NC(C)CCS(C)(=O)=O.I. The summed E-state index contributed by atoms with van der Waals surface area (Å²) >= 11 is 0. The largest absolute Gasteiger partial charge is 0.354 e. The lowest BCUT2D eigenvalue weighted by Crippen LogP contribution is -2.42. The first-order chi connectivity index (χ1) is 10.7. The van der Waals surface area contributed by atoms with Crippen molar-refractivity contribution >= 4 is 45.5 Å². The van der Waals surface area contributed by atoms with Crippen molar-refractivity contribution in [2.45, 2.75) is 25.9 Å². The van der Waals surface area contributed by atoms with Crippen LogP contribution in [0.15, 0.2) is 29.3 Å². The number of nitro benzene ring substituents is 1. The Hall–Kier alpha value is -1.43. The highest BCUT2D eigenvalue weighted by Gasteiger charge is 2.13. The number of nitro groups is 1. The molecule has 0 saturated carbocycles. The minimum Gasteiger partial charge on any atom is -0.354 e. The molecule has 8 nitrogen and oxygen atoms in total. The highest BCUT2D eigenvalue weighted by atomic mass is 127. The molecule has 0 radical (unpaired) electrons. The molecule has 0 amide bonds. The zero-order chi connectivity index (χ0) is 17.5. The van der Waals surface area contributed by atoms with E-state index in [9.17, 15) is 18.5 Å². The molecule has 0 aliphatic rings. The van der Waals surface area contributed by atoms with Crippen LogP contribution in [0, 0.1) is 10.1 Å². The molecule has 2 N–H and O–H groups in total.